The lowest BCUT2D eigenvalue weighted by Crippen LogP contribution is -2.56. The fraction of sp³-hybridized carbons (Fsp3) is 0.867. The second-order valence-electron chi connectivity index (χ2n) is 6.03. The van der Waals surface area contributed by atoms with E-state index in [0.717, 1.165) is 58.5 Å². The third-order valence-electron chi connectivity index (χ3n) is 4.62. The molecule has 0 bridgehead atoms. The highest BCUT2D eigenvalue weighted by Crippen LogP contribution is 2.15. The summed E-state index contributed by atoms with van der Waals surface area (Å²) in [6, 6.07) is 0.398. The van der Waals surface area contributed by atoms with Crippen LogP contribution in [0.3, 0.4) is 0 Å². The molecular weight excluding hydrogens is 284 g/mol. The number of carbonyl (C=O) groups excluding carboxylic acids is 1. The van der Waals surface area contributed by atoms with Crippen LogP contribution in [0.25, 0.3) is 0 Å². The largest absolute Gasteiger partial charge is 0.392 e. The summed E-state index contributed by atoms with van der Waals surface area (Å²) in [5, 5.41) is 0. The fourth-order valence-corrected chi connectivity index (χ4v) is 3.64. The number of rotatable bonds is 3. The number of carbonyl (C=O) groups is 1. The monoisotopic (exact) mass is 312 g/mol. The van der Waals surface area contributed by atoms with E-state index in [2.05, 4.69) is 11.8 Å². The highest BCUT2D eigenvalue weighted by atomic mass is 32.1. The van der Waals surface area contributed by atoms with Crippen molar-refractivity contribution in [3.8, 4) is 0 Å². The predicted molar refractivity (Wildman–Crippen MR) is 89.4 cm³/mol. The number of thiocarbonyl (C=S) groups is 1. The van der Waals surface area contributed by atoms with E-state index in [4.69, 9.17) is 18.0 Å². The molecule has 21 heavy (non-hydrogen) atoms. The Morgan fingerprint density at radius 2 is 1.52 bits per heavy atom. The zero-order chi connectivity index (χ0) is 15.2. The highest BCUT2D eigenvalue weighted by Gasteiger charge is 2.28. The molecule has 5 nitrogen and oxygen atoms in total. The Hall–Kier alpha value is -0.880. The number of hydrogen-bond donors (Lipinski definition) is 1. The summed E-state index contributed by atoms with van der Waals surface area (Å²) in [5.41, 5.74) is 5.81. The van der Waals surface area contributed by atoms with Gasteiger partial charge in [-0.05, 0) is 19.3 Å². The van der Waals surface area contributed by atoms with Gasteiger partial charge in [-0.25, -0.2) is 4.79 Å². The summed E-state index contributed by atoms with van der Waals surface area (Å²) in [5.74, 6) is 0. The first-order valence-corrected chi connectivity index (χ1v) is 8.61. The minimum Gasteiger partial charge on any atom is -0.392 e. The molecule has 2 heterocycles. The van der Waals surface area contributed by atoms with Gasteiger partial charge in [0.15, 0.2) is 0 Å². The summed E-state index contributed by atoms with van der Waals surface area (Å²) in [6.07, 6.45) is 5.74. The van der Waals surface area contributed by atoms with Crippen LogP contribution < -0.4 is 5.73 Å². The Morgan fingerprint density at radius 1 is 1.00 bits per heavy atom. The summed E-state index contributed by atoms with van der Waals surface area (Å²) < 4.78 is 0. The molecule has 2 amide bonds. The molecule has 0 saturated carbocycles. The first-order chi connectivity index (χ1) is 10.1. The van der Waals surface area contributed by atoms with Gasteiger partial charge in [0.25, 0.3) is 0 Å². The van der Waals surface area contributed by atoms with Gasteiger partial charge in [-0.3, -0.25) is 4.90 Å². The summed E-state index contributed by atoms with van der Waals surface area (Å²) in [4.78, 5) is 19.5. The van der Waals surface area contributed by atoms with Gasteiger partial charge in [0.1, 0.15) is 0 Å². The Labute approximate surface area is 133 Å². The quantitative estimate of drug-likeness (QED) is 0.805. The minimum atomic E-state index is 0.176. The second-order valence-corrected chi connectivity index (χ2v) is 6.50. The normalized spacial score (nSPS) is 22.7. The molecule has 0 aromatic rings. The van der Waals surface area contributed by atoms with Gasteiger partial charge in [0.05, 0.1) is 11.0 Å². The molecule has 0 spiro atoms. The van der Waals surface area contributed by atoms with Gasteiger partial charge in [-0.15, -0.1) is 0 Å². The Balaban J connectivity index is 1.85. The number of amides is 2. The molecule has 120 valence electrons. The molecule has 2 aliphatic rings. The van der Waals surface area contributed by atoms with E-state index in [1.807, 2.05) is 9.80 Å². The highest BCUT2D eigenvalue weighted by molar-refractivity contribution is 7.80. The fourth-order valence-electron chi connectivity index (χ4n) is 3.33. The van der Waals surface area contributed by atoms with Gasteiger partial charge >= 0.3 is 6.03 Å². The van der Waals surface area contributed by atoms with Crippen LogP contribution in [0.15, 0.2) is 0 Å². The number of nitrogens with zero attached hydrogens (tertiary/aromatic N) is 3. The average Bonchev–Trinajstić information content (AvgIpc) is 2.76. The summed E-state index contributed by atoms with van der Waals surface area (Å²) in [7, 11) is 0. The predicted octanol–water partition coefficient (Wildman–Crippen LogP) is 1.66. The van der Waals surface area contributed by atoms with Crippen LogP contribution in [-0.2, 0) is 0 Å². The SMILES string of the molecule is CCC(C(N)=S)N1CCN(C(=O)N2CCCCCC2)CC1. The van der Waals surface area contributed by atoms with Crippen LogP contribution in [0.2, 0.25) is 0 Å². The van der Waals surface area contributed by atoms with Crippen LogP contribution in [0.1, 0.15) is 39.0 Å². The third-order valence-corrected chi connectivity index (χ3v) is 4.89. The number of likely N-dealkylation sites (tertiary alicyclic amines) is 1. The molecule has 6 heteroatoms. The van der Waals surface area contributed by atoms with Crippen molar-refractivity contribution in [3.05, 3.63) is 0 Å². The van der Waals surface area contributed by atoms with Crippen LogP contribution in [0.4, 0.5) is 4.79 Å². The molecule has 1 unspecified atom stereocenters. The van der Waals surface area contributed by atoms with Gasteiger partial charge in [-0.1, -0.05) is 32.0 Å². The van der Waals surface area contributed by atoms with Crippen LogP contribution in [-0.4, -0.2) is 71.0 Å². The zero-order valence-electron chi connectivity index (χ0n) is 13.1. The van der Waals surface area contributed by atoms with E-state index in [1.54, 1.807) is 0 Å². The van der Waals surface area contributed by atoms with Crippen molar-refractivity contribution in [2.75, 3.05) is 39.3 Å². The molecule has 0 radical (unpaired) electrons. The average molecular weight is 312 g/mol. The summed E-state index contributed by atoms with van der Waals surface area (Å²) in [6.45, 7) is 7.26. The van der Waals surface area contributed by atoms with Crippen molar-refractivity contribution in [1.29, 1.82) is 0 Å². The third kappa shape index (κ3) is 4.30. The topological polar surface area (TPSA) is 52.8 Å². The molecule has 2 aliphatic heterocycles. The maximum absolute atomic E-state index is 12.6. The van der Waals surface area contributed by atoms with E-state index >= 15 is 0 Å². The van der Waals surface area contributed by atoms with Crippen molar-refractivity contribution in [2.24, 2.45) is 5.73 Å². The molecule has 2 rings (SSSR count). The van der Waals surface area contributed by atoms with Gasteiger partial charge in [-0.2, -0.15) is 0 Å². The lowest BCUT2D eigenvalue weighted by molar-refractivity contribution is 0.104. The van der Waals surface area contributed by atoms with E-state index in [0.29, 0.717) is 4.99 Å². The smallest absolute Gasteiger partial charge is 0.320 e. The maximum Gasteiger partial charge on any atom is 0.320 e. The van der Waals surface area contributed by atoms with Gasteiger partial charge in [0, 0.05) is 39.3 Å². The Bertz CT molecular complexity index is 361. The van der Waals surface area contributed by atoms with Gasteiger partial charge in [0.2, 0.25) is 0 Å². The van der Waals surface area contributed by atoms with Crippen molar-refractivity contribution in [1.82, 2.24) is 14.7 Å². The lowest BCUT2D eigenvalue weighted by Gasteiger charge is -2.40. The van der Waals surface area contributed by atoms with Crippen molar-refractivity contribution >= 4 is 23.2 Å². The number of piperazine rings is 1. The molecule has 2 fully saturated rings. The van der Waals surface area contributed by atoms with Crippen molar-refractivity contribution in [3.63, 3.8) is 0 Å². The molecule has 0 aliphatic carbocycles. The molecule has 2 N–H and O–H groups in total. The Kier molecular flexibility index (Phi) is 6.23. The van der Waals surface area contributed by atoms with E-state index in [1.165, 1.54) is 12.8 Å². The number of hydrogen-bond acceptors (Lipinski definition) is 3. The first kappa shape index (κ1) is 16.5. The molecular formula is C15H28N4OS. The first-order valence-electron chi connectivity index (χ1n) is 8.20. The Morgan fingerprint density at radius 3 is 2.00 bits per heavy atom. The second kappa shape index (κ2) is 7.94. The van der Waals surface area contributed by atoms with Gasteiger partial charge < -0.3 is 15.5 Å². The molecule has 2 saturated heterocycles. The van der Waals surface area contributed by atoms with Crippen LogP contribution in [0, 0.1) is 0 Å². The lowest BCUT2D eigenvalue weighted by atomic mass is 10.1. The van der Waals surface area contributed by atoms with E-state index in [-0.39, 0.29) is 12.1 Å². The number of nitrogens with two attached hydrogens (primary N) is 1. The minimum absolute atomic E-state index is 0.176. The van der Waals surface area contributed by atoms with Crippen LogP contribution in [0.5, 0.6) is 0 Å². The zero-order valence-corrected chi connectivity index (χ0v) is 13.9. The maximum atomic E-state index is 12.6. The number of urea groups is 1. The van der Waals surface area contributed by atoms with E-state index < -0.39 is 0 Å². The van der Waals surface area contributed by atoms with Crippen molar-refractivity contribution < 1.29 is 4.79 Å². The molecule has 0 aromatic carbocycles. The van der Waals surface area contributed by atoms with Crippen LogP contribution >= 0.6 is 12.2 Å². The molecule has 0 aromatic heterocycles. The molecule has 1 atom stereocenters. The van der Waals surface area contributed by atoms with E-state index in [9.17, 15) is 4.79 Å². The summed E-state index contributed by atoms with van der Waals surface area (Å²) >= 11 is 5.14. The standard InChI is InChI=1S/C15H28N4OS/c1-2-13(14(16)21)17-9-11-19(12-10-17)15(20)18-7-5-3-4-6-8-18/h13H,2-12H2,1H3,(H2,16,21). The van der Waals surface area contributed by atoms with Crippen molar-refractivity contribution in [2.45, 2.75) is 45.1 Å².